The van der Waals surface area contributed by atoms with Crippen LogP contribution in [0.25, 0.3) is 0 Å². The molecule has 1 fully saturated rings. The molecule has 0 bridgehead atoms. The van der Waals surface area contributed by atoms with Crippen LogP contribution in [0.2, 0.25) is 0 Å². The Morgan fingerprint density at radius 3 is 2.67 bits per heavy atom. The van der Waals surface area contributed by atoms with Crippen molar-refractivity contribution in [2.45, 2.75) is 32.2 Å². The van der Waals surface area contributed by atoms with Gasteiger partial charge in [0.2, 0.25) is 0 Å². The smallest absolute Gasteiger partial charge is 0.125 e. The standard InChI is InChI=1S/C15H23FN2/c1-17-10-13-7-14(16)9-15(8-13)18(2)11-12-5-3-4-6-12/h7-9,12,17H,3-6,10-11H2,1-2H3. The Kier molecular flexibility index (Phi) is 4.59. The van der Waals surface area contributed by atoms with Gasteiger partial charge < -0.3 is 10.2 Å². The van der Waals surface area contributed by atoms with E-state index >= 15 is 0 Å². The predicted octanol–water partition coefficient (Wildman–Crippen LogP) is 3.17. The molecule has 1 aromatic carbocycles. The lowest BCUT2D eigenvalue weighted by atomic mass is 10.1. The summed E-state index contributed by atoms with van der Waals surface area (Å²) < 4.78 is 13.6. The Labute approximate surface area is 109 Å². The van der Waals surface area contributed by atoms with Crippen molar-refractivity contribution in [3.05, 3.63) is 29.6 Å². The third-order valence-corrected chi connectivity index (χ3v) is 3.77. The molecule has 1 aliphatic rings. The molecule has 1 aromatic rings. The van der Waals surface area contributed by atoms with Gasteiger partial charge in [0.25, 0.3) is 0 Å². The predicted molar refractivity (Wildman–Crippen MR) is 74.4 cm³/mol. The van der Waals surface area contributed by atoms with Gasteiger partial charge in [-0.1, -0.05) is 12.8 Å². The molecule has 0 aliphatic heterocycles. The lowest BCUT2D eigenvalue weighted by Crippen LogP contribution is -2.24. The maximum absolute atomic E-state index is 13.6. The molecule has 2 nitrogen and oxygen atoms in total. The third kappa shape index (κ3) is 3.45. The zero-order valence-electron chi connectivity index (χ0n) is 11.4. The first-order valence-electron chi connectivity index (χ1n) is 6.84. The molecule has 2 rings (SSSR count). The second-order valence-electron chi connectivity index (χ2n) is 5.38. The summed E-state index contributed by atoms with van der Waals surface area (Å²) in [5.74, 6) is 0.641. The molecule has 0 heterocycles. The van der Waals surface area contributed by atoms with Gasteiger partial charge in [0.05, 0.1) is 0 Å². The van der Waals surface area contributed by atoms with Gasteiger partial charge in [-0.05, 0) is 49.6 Å². The zero-order valence-corrected chi connectivity index (χ0v) is 11.4. The van der Waals surface area contributed by atoms with Crippen LogP contribution in [0, 0.1) is 11.7 Å². The van der Waals surface area contributed by atoms with Crippen LogP contribution in [0.3, 0.4) is 0 Å². The van der Waals surface area contributed by atoms with E-state index in [1.807, 2.05) is 7.05 Å². The first-order chi connectivity index (χ1) is 8.69. The lowest BCUT2D eigenvalue weighted by molar-refractivity contribution is 0.545. The summed E-state index contributed by atoms with van der Waals surface area (Å²) in [7, 11) is 3.95. The number of rotatable bonds is 5. The van der Waals surface area contributed by atoms with Crippen LogP contribution in [-0.4, -0.2) is 20.6 Å². The monoisotopic (exact) mass is 250 g/mol. The largest absolute Gasteiger partial charge is 0.374 e. The Balaban J connectivity index is 2.05. The fourth-order valence-corrected chi connectivity index (χ4v) is 2.85. The van der Waals surface area contributed by atoms with Crippen LogP contribution in [0.1, 0.15) is 31.2 Å². The second kappa shape index (κ2) is 6.19. The fourth-order valence-electron chi connectivity index (χ4n) is 2.85. The van der Waals surface area contributed by atoms with Crippen molar-refractivity contribution in [1.82, 2.24) is 5.32 Å². The van der Waals surface area contributed by atoms with Crippen molar-refractivity contribution in [1.29, 1.82) is 0 Å². The fraction of sp³-hybridized carbons (Fsp3) is 0.600. The number of anilines is 1. The highest BCUT2D eigenvalue weighted by Gasteiger charge is 2.17. The highest BCUT2D eigenvalue weighted by atomic mass is 19.1. The van der Waals surface area contributed by atoms with E-state index in [0.717, 1.165) is 23.7 Å². The Hall–Kier alpha value is -1.09. The molecule has 1 saturated carbocycles. The van der Waals surface area contributed by atoms with Crippen LogP contribution in [-0.2, 0) is 6.54 Å². The number of nitrogens with zero attached hydrogens (tertiary/aromatic N) is 1. The molecule has 1 aliphatic carbocycles. The van der Waals surface area contributed by atoms with Crippen LogP contribution in [0.4, 0.5) is 10.1 Å². The van der Waals surface area contributed by atoms with Gasteiger partial charge in [-0.2, -0.15) is 0 Å². The number of halogens is 1. The molecule has 0 spiro atoms. The van der Waals surface area contributed by atoms with Gasteiger partial charge in [0.1, 0.15) is 5.82 Å². The summed E-state index contributed by atoms with van der Waals surface area (Å²) >= 11 is 0. The van der Waals surface area contributed by atoms with Crippen molar-refractivity contribution in [2.24, 2.45) is 5.92 Å². The van der Waals surface area contributed by atoms with E-state index in [4.69, 9.17) is 0 Å². The first-order valence-corrected chi connectivity index (χ1v) is 6.84. The molecule has 0 amide bonds. The van der Waals surface area contributed by atoms with Crippen molar-refractivity contribution in [2.75, 3.05) is 25.5 Å². The van der Waals surface area contributed by atoms with E-state index in [1.165, 1.54) is 25.7 Å². The van der Waals surface area contributed by atoms with Crippen molar-refractivity contribution in [3.63, 3.8) is 0 Å². The second-order valence-corrected chi connectivity index (χ2v) is 5.38. The van der Waals surface area contributed by atoms with Crippen LogP contribution in [0.15, 0.2) is 18.2 Å². The molecular weight excluding hydrogens is 227 g/mol. The number of nitrogens with one attached hydrogen (secondary N) is 1. The van der Waals surface area contributed by atoms with Gasteiger partial charge >= 0.3 is 0 Å². The topological polar surface area (TPSA) is 15.3 Å². The minimum atomic E-state index is -0.143. The molecule has 0 unspecified atom stereocenters. The quantitative estimate of drug-likeness (QED) is 0.863. The first kappa shape index (κ1) is 13.3. The Morgan fingerprint density at radius 1 is 1.28 bits per heavy atom. The molecule has 100 valence electrons. The third-order valence-electron chi connectivity index (χ3n) is 3.77. The molecule has 3 heteroatoms. The number of hydrogen-bond acceptors (Lipinski definition) is 2. The highest BCUT2D eigenvalue weighted by molar-refractivity contribution is 5.48. The Morgan fingerprint density at radius 2 is 2.00 bits per heavy atom. The summed E-state index contributed by atoms with van der Waals surface area (Å²) in [6.07, 6.45) is 5.35. The van der Waals surface area contributed by atoms with Gasteiger partial charge in [-0.25, -0.2) is 4.39 Å². The minimum absolute atomic E-state index is 0.143. The summed E-state index contributed by atoms with van der Waals surface area (Å²) in [6.45, 7) is 1.75. The van der Waals surface area contributed by atoms with E-state index in [0.29, 0.717) is 6.54 Å². The number of benzene rings is 1. The molecule has 0 atom stereocenters. The van der Waals surface area contributed by atoms with Crippen LogP contribution in [0.5, 0.6) is 0 Å². The normalized spacial score (nSPS) is 16.2. The Bertz CT molecular complexity index is 386. The molecule has 18 heavy (non-hydrogen) atoms. The summed E-state index contributed by atoms with van der Waals surface area (Å²) in [4.78, 5) is 2.19. The van der Waals surface area contributed by atoms with Crippen molar-refractivity contribution < 1.29 is 4.39 Å². The van der Waals surface area contributed by atoms with E-state index in [1.54, 1.807) is 12.1 Å². The minimum Gasteiger partial charge on any atom is -0.374 e. The van der Waals surface area contributed by atoms with Gasteiger partial charge in [0.15, 0.2) is 0 Å². The van der Waals surface area contributed by atoms with Crippen LogP contribution < -0.4 is 10.2 Å². The summed E-state index contributed by atoms with van der Waals surface area (Å²) in [5.41, 5.74) is 2.00. The molecule has 0 saturated heterocycles. The van der Waals surface area contributed by atoms with Crippen molar-refractivity contribution >= 4 is 5.69 Å². The zero-order chi connectivity index (χ0) is 13.0. The average molecular weight is 250 g/mol. The van der Waals surface area contributed by atoms with Gasteiger partial charge in [0, 0.05) is 25.8 Å². The average Bonchev–Trinajstić information content (AvgIpc) is 2.81. The highest BCUT2D eigenvalue weighted by Crippen LogP contribution is 2.27. The van der Waals surface area contributed by atoms with E-state index in [-0.39, 0.29) is 5.82 Å². The maximum atomic E-state index is 13.6. The van der Waals surface area contributed by atoms with Crippen molar-refractivity contribution in [3.8, 4) is 0 Å². The SMILES string of the molecule is CNCc1cc(F)cc(N(C)CC2CCCC2)c1. The van der Waals surface area contributed by atoms with E-state index in [9.17, 15) is 4.39 Å². The maximum Gasteiger partial charge on any atom is 0.125 e. The van der Waals surface area contributed by atoms with Gasteiger partial charge in [-0.3, -0.25) is 0 Å². The van der Waals surface area contributed by atoms with Gasteiger partial charge in [-0.15, -0.1) is 0 Å². The van der Waals surface area contributed by atoms with E-state index < -0.39 is 0 Å². The summed E-state index contributed by atoms with van der Waals surface area (Å²) in [5, 5.41) is 3.07. The van der Waals surface area contributed by atoms with Crippen LogP contribution >= 0.6 is 0 Å². The molecule has 0 radical (unpaired) electrons. The lowest BCUT2D eigenvalue weighted by Gasteiger charge is -2.23. The number of hydrogen-bond donors (Lipinski definition) is 1. The molecular formula is C15H23FN2. The summed E-state index contributed by atoms with van der Waals surface area (Å²) in [6, 6.07) is 5.31. The molecule has 1 N–H and O–H groups in total. The van der Waals surface area contributed by atoms with E-state index in [2.05, 4.69) is 23.3 Å². The molecule has 0 aromatic heterocycles.